The Morgan fingerprint density at radius 3 is 2.38 bits per heavy atom. The molecule has 16 heavy (non-hydrogen) atoms. The molecule has 1 aliphatic carbocycles. The molecule has 0 unspecified atom stereocenters. The first-order valence-corrected chi connectivity index (χ1v) is 6.30. The molecule has 0 amide bonds. The predicted molar refractivity (Wildman–Crippen MR) is 67.6 cm³/mol. The molecule has 0 radical (unpaired) electrons. The zero-order valence-corrected chi connectivity index (χ0v) is 10.9. The molecule has 1 rings (SSSR count). The average molecular weight is 227 g/mol. The van der Waals surface area contributed by atoms with Crippen molar-refractivity contribution in [2.75, 3.05) is 13.1 Å². The molecule has 0 spiro atoms. The summed E-state index contributed by atoms with van der Waals surface area (Å²) >= 11 is 0. The Hall–Kier alpha value is -0.770. The van der Waals surface area contributed by atoms with Gasteiger partial charge in [-0.2, -0.15) is 0 Å². The molecule has 0 aromatic rings. The Morgan fingerprint density at radius 1 is 1.38 bits per heavy atom. The van der Waals surface area contributed by atoms with Crippen molar-refractivity contribution in [2.45, 2.75) is 58.8 Å². The van der Waals surface area contributed by atoms with Gasteiger partial charge in [-0.1, -0.05) is 0 Å². The van der Waals surface area contributed by atoms with Gasteiger partial charge in [0, 0.05) is 13.1 Å². The van der Waals surface area contributed by atoms with Crippen LogP contribution >= 0.6 is 0 Å². The van der Waals surface area contributed by atoms with Gasteiger partial charge < -0.3 is 15.4 Å². The van der Waals surface area contributed by atoms with Crippen molar-refractivity contribution in [3.05, 3.63) is 0 Å². The van der Waals surface area contributed by atoms with Gasteiger partial charge in [0.25, 0.3) is 0 Å². The molecule has 0 aliphatic heterocycles. The van der Waals surface area contributed by atoms with Crippen molar-refractivity contribution in [3.63, 3.8) is 0 Å². The van der Waals surface area contributed by atoms with Crippen molar-refractivity contribution in [2.24, 2.45) is 10.7 Å². The summed E-state index contributed by atoms with van der Waals surface area (Å²) in [6, 6.07) is 0.365. The topological polar surface area (TPSA) is 50.8 Å². The molecule has 1 fully saturated rings. The highest BCUT2D eigenvalue weighted by Crippen LogP contribution is 2.27. The molecule has 4 heteroatoms. The van der Waals surface area contributed by atoms with Crippen molar-refractivity contribution in [1.29, 1.82) is 0 Å². The van der Waals surface area contributed by atoms with Crippen LogP contribution in [0.25, 0.3) is 0 Å². The van der Waals surface area contributed by atoms with Gasteiger partial charge in [-0.3, -0.25) is 0 Å². The molecule has 2 N–H and O–H groups in total. The predicted octanol–water partition coefficient (Wildman–Crippen LogP) is 1.60. The molecule has 0 aromatic heterocycles. The van der Waals surface area contributed by atoms with E-state index in [2.05, 4.69) is 37.6 Å². The molecular weight excluding hydrogens is 202 g/mol. The van der Waals surface area contributed by atoms with Gasteiger partial charge >= 0.3 is 0 Å². The molecule has 94 valence electrons. The highest BCUT2D eigenvalue weighted by molar-refractivity contribution is 5.78. The summed E-state index contributed by atoms with van der Waals surface area (Å²) in [7, 11) is 0. The maximum atomic E-state index is 5.93. The van der Waals surface area contributed by atoms with Gasteiger partial charge in [0.1, 0.15) is 0 Å². The quantitative estimate of drug-likeness (QED) is 0.573. The number of rotatable bonds is 5. The molecule has 0 bridgehead atoms. The molecule has 1 aliphatic rings. The minimum absolute atomic E-state index is 0.315. The lowest BCUT2D eigenvalue weighted by molar-refractivity contribution is -0.0430. The Morgan fingerprint density at radius 2 is 1.94 bits per heavy atom. The SMILES string of the molecule is CCN(CC)C(N)=NC1CC(OC(C)C)C1. The second kappa shape index (κ2) is 6.09. The number of aliphatic imine (C=N–C) groups is 1. The van der Waals surface area contributed by atoms with E-state index in [0.29, 0.717) is 24.2 Å². The third-order valence-corrected chi connectivity index (χ3v) is 2.94. The number of guanidine groups is 1. The van der Waals surface area contributed by atoms with E-state index >= 15 is 0 Å². The van der Waals surface area contributed by atoms with E-state index < -0.39 is 0 Å². The number of hydrogen-bond donors (Lipinski definition) is 1. The first kappa shape index (κ1) is 13.3. The van der Waals surface area contributed by atoms with E-state index in [0.717, 1.165) is 25.9 Å². The van der Waals surface area contributed by atoms with E-state index in [1.807, 2.05) is 0 Å². The van der Waals surface area contributed by atoms with Crippen LogP contribution in [-0.4, -0.2) is 42.2 Å². The van der Waals surface area contributed by atoms with Gasteiger partial charge in [-0.15, -0.1) is 0 Å². The Kier molecular flexibility index (Phi) is 5.06. The van der Waals surface area contributed by atoms with Crippen LogP contribution < -0.4 is 5.73 Å². The lowest BCUT2D eigenvalue weighted by Crippen LogP contribution is -2.42. The normalized spacial score (nSPS) is 25.7. The van der Waals surface area contributed by atoms with E-state index in [1.165, 1.54) is 0 Å². The molecule has 1 saturated carbocycles. The molecule has 4 nitrogen and oxygen atoms in total. The summed E-state index contributed by atoms with van der Waals surface area (Å²) in [4.78, 5) is 6.60. The maximum absolute atomic E-state index is 5.93. The minimum Gasteiger partial charge on any atom is -0.375 e. The Balaban J connectivity index is 2.32. The summed E-state index contributed by atoms with van der Waals surface area (Å²) in [6.45, 7) is 10.2. The number of ether oxygens (including phenoxy) is 1. The summed E-state index contributed by atoms with van der Waals surface area (Å²) in [6.07, 6.45) is 2.73. The van der Waals surface area contributed by atoms with Gasteiger partial charge in [-0.25, -0.2) is 4.99 Å². The maximum Gasteiger partial charge on any atom is 0.191 e. The standard InChI is InChI=1S/C12H25N3O/c1-5-15(6-2)12(13)14-10-7-11(8-10)16-9(3)4/h9-11H,5-8H2,1-4H3,(H2,13,14). The van der Waals surface area contributed by atoms with Crippen LogP contribution in [0.1, 0.15) is 40.5 Å². The summed E-state index contributed by atoms with van der Waals surface area (Å²) < 4.78 is 5.69. The minimum atomic E-state index is 0.315. The fourth-order valence-corrected chi connectivity index (χ4v) is 1.96. The Bertz CT molecular complexity index is 230. The van der Waals surface area contributed by atoms with Gasteiger partial charge in [0.15, 0.2) is 5.96 Å². The highest BCUT2D eigenvalue weighted by atomic mass is 16.5. The second-order valence-electron chi connectivity index (χ2n) is 4.59. The zero-order chi connectivity index (χ0) is 12.1. The van der Waals surface area contributed by atoms with E-state index in [4.69, 9.17) is 10.5 Å². The molecule has 0 heterocycles. The fraction of sp³-hybridized carbons (Fsp3) is 0.917. The van der Waals surface area contributed by atoms with Crippen LogP contribution in [0.4, 0.5) is 0 Å². The molecule has 0 atom stereocenters. The largest absolute Gasteiger partial charge is 0.375 e. The summed E-state index contributed by atoms with van der Waals surface area (Å²) in [5.41, 5.74) is 5.93. The average Bonchev–Trinajstić information content (AvgIpc) is 2.15. The van der Waals surface area contributed by atoms with Gasteiger partial charge in [0.05, 0.1) is 18.2 Å². The van der Waals surface area contributed by atoms with Crippen molar-refractivity contribution in [1.82, 2.24) is 4.90 Å². The third kappa shape index (κ3) is 3.67. The monoisotopic (exact) mass is 227 g/mol. The number of hydrogen-bond acceptors (Lipinski definition) is 2. The first-order valence-electron chi connectivity index (χ1n) is 6.30. The van der Waals surface area contributed by atoms with E-state index in [-0.39, 0.29) is 0 Å². The molecule has 0 aromatic carbocycles. The lowest BCUT2D eigenvalue weighted by Gasteiger charge is -2.34. The van der Waals surface area contributed by atoms with Crippen molar-refractivity contribution in [3.8, 4) is 0 Å². The van der Waals surface area contributed by atoms with Crippen LogP contribution in [-0.2, 0) is 4.74 Å². The van der Waals surface area contributed by atoms with Crippen LogP contribution in [0.5, 0.6) is 0 Å². The zero-order valence-electron chi connectivity index (χ0n) is 10.9. The second-order valence-corrected chi connectivity index (χ2v) is 4.59. The molecule has 0 saturated heterocycles. The first-order chi connectivity index (χ1) is 7.56. The van der Waals surface area contributed by atoms with Crippen LogP contribution in [0, 0.1) is 0 Å². The smallest absolute Gasteiger partial charge is 0.191 e. The van der Waals surface area contributed by atoms with Crippen LogP contribution in [0.15, 0.2) is 4.99 Å². The van der Waals surface area contributed by atoms with Crippen molar-refractivity contribution < 1.29 is 4.74 Å². The lowest BCUT2D eigenvalue weighted by atomic mass is 9.89. The van der Waals surface area contributed by atoms with Gasteiger partial charge in [0.2, 0.25) is 0 Å². The van der Waals surface area contributed by atoms with Crippen LogP contribution in [0.2, 0.25) is 0 Å². The summed E-state index contributed by atoms with van der Waals surface area (Å²) in [5.74, 6) is 0.679. The summed E-state index contributed by atoms with van der Waals surface area (Å²) in [5, 5.41) is 0. The Labute approximate surface area is 98.9 Å². The van der Waals surface area contributed by atoms with E-state index in [1.54, 1.807) is 0 Å². The van der Waals surface area contributed by atoms with Crippen LogP contribution in [0.3, 0.4) is 0 Å². The fourth-order valence-electron chi connectivity index (χ4n) is 1.96. The van der Waals surface area contributed by atoms with Crippen molar-refractivity contribution >= 4 is 5.96 Å². The third-order valence-electron chi connectivity index (χ3n) is 2.94. The van der Waals surface area contributed by atoms with E-state index in [9.17, 15) is 0 Å². The highest BCUT2D eigenvalue weighted by Gasteiger charge is 2.30. The number of nitrogens with two attached hydrogens (primary N) is 1. The number of nitrogens with zero attached hydrogens (tertiary/aromatic N) is 2. The molecular formula is C12H25N3O. The van der Waals surface area contributed by atoms with Gasteiger partial charge in [-0.05, 0) is 40.5 Å².